The zero-order chi connectivity index (χ0) is 14.5. The monoisotopic (exact) mass is 293 g/mol. The lowest BCUT2D eigenvalue weighted by molar-refractivity contribution is -0.113. The summed E-state index contributed by atoms with van der Waals surface area (Å²) in [5.41, 5.74) is 0.620. The minimum atomic E-state index is -1.10. The number of carbonyl (C=O) groups excluding carboxylic acids is 1. The van der Waals surface area contributed by atoms with E-state index in [1.807, 2.05) is 0 Å². The first kappa shape index (κ1) is 14.1. The molecule has 0 bridgehead atoms. The van der Waals surface area contributed by atoms with Crippen LogP contribution in [-0.4, -0.2) is 32.9 Å². The maximum atomic E-state index is 11.7. The van der Waals surface area contributed by atoms with Crippen LogP contribution in [-0.2, 0) is 4.79 Å². The molecule has 0 unspecified atom stereocenters. The number of thioether (sulfide) groups is 1. The number of anilines is 1. The number of pyridine rings is 1. The van der Waals surface area contributed by atoms with Crippen LogP contribution in [0, 0.1) is 6.92 Å². The second kappa shape index (κ2) is 6.20. The first-order valence-electron chi connectivity index (χ1n) is 5.60. The maximum absolute atomic E-state index is 11.7. The highest BCUT2D eigenvalue weighted by Crippen LogP contribution is 2.18. The molecule has 1 amide bonds. The topological polar surface area (TPSA) is 105 Å². The van der Waals surface area contributed by atoms with Crippen molar-refractivity contribution in [2.24, 2.45) is 0 Å². The third kappa shape index (κ3) is 3.82. The first-order valence-corrected chi connectivity index (χ1v) is 6.58. The summed E-state index contributed by atoms with van der Waals surface area (Å²) in [7, 11) is 0. The lowest BCUT2D eigenvalue weighted by Crippen LogP contribution is -2.13. The molecule has 0 spiro atoms. The lowest BCUT2D eigenvalue weighted by Gasteiger charge is -2.02. The molecule has 0 atom stereocenters. The van der Waals surface area contributed by atoms with Gasteiger partial charge in [-0.3, -0.25) is 10.1 Å². The molecule has 0 saturated heterocycles. The molecule has 8 heteroatoms. The van der Waals surface area contributed by atoms with E-state index in [2.05, 4.69) is 15.5 Å². The Kier molecular flexibility index (Phi) is 4.36. The van der Waals surface area contributed by atoms with Crippen molar-refractivity contribution in [3.63, 3.8) is 0 Å². The molecule has 0 aliphatic carbocycles. The van der Waals surface area contributed by atoms with Gasteiger partial charge in [0.15, 0.2) is 0 Å². The normalized spacial score (nSPS) is 10.2. The molecule has 2 aromatic heterocycles. The van der Waals surface area contributed by atoms with Crippen LogP contribution in [0.15, 0.2) is 33.8 Å². The number of carbonyl (C=O) groups is 2. The average molecular weight is 293 g/mol. The number of nitrogens with zero attached hydrogens (tertiary/aromatic N) is 2. The van der Waals surface area contributed by atoms with Gasteiger partial charge in [0.25, 0.3) is 0 Å². The molecule has 0 aromatic carbocycles. The summed E-state index contributed by atoms with van der Waals surface area (Å²) in [5, 5.41) is 15.0. The van der Waals surface area contributed by atoms with E-state index in [4.69, 9.17) is 9.63 Å². The van der Waals surface area contributed by atoms with E-state index in [1.165, 1.54) is 24.0 Å². The van der Waals surface area contributed by atoms with Gasteiger partial charge >= 0.3 is 5.97 Å². The van der Waals surface area contributed by atoms with Gasteiger partial charge in [0.05, 0.1) is 11.4 Å². The highest BCUT2D eigenvalue weighted by Gasteiger charge is 2.09. The number of amides is 1. The van der Waals surface area contributed by atoms with E-state index in [9.17, 15) is 9.59 Å². The second-order valence-corrected chi connectivity index (χ2v) is 4.90. The predicted molar refractivity (Wildman–Crippen MR) is 71.8 cm³/mol. The van der Waals surface area contributed by atoms with Gasteiger partial charge in [-0.1, -0.05) is 5.16 Å². The summed E-state index contributed by atoms with van der Waals surface area (Å²) in [6.45, 7) is 1.75. The summed E-state index contributed by atoms with van der Waals surface area (Å²) < 4.78 is 4.86. The van der Waals surface area contributed by atoms with Crippen molar-refractivity contribution in [3.8, 4) is 0 Å². The number of carboxylic acids is 1. The van der Waals surface area contributed by atoms with Gasteiger partial charge in [-0.15, -0.1) is 11.8 Å². The number of nitrogens with one attached hydrogen (secondary N) is 1. The highest BCUT2D eigenvalue weighted by atomic mass is 32.2. The third-order valence-corrected chi connectivity index (χ3v) is 3.20. The van der Waals surface area contributed by atoms with Gasteiger partial charge in [0, 0.05) is 17.2 Å². The number of hydrogen-bond acceptors (Lipinski definition) is 6. The van der Waals surface area contributed by atoms with Crippen LogP contribution >= 0.6 is 11.8 Å². The van der Waals surface area contributed by atoms with Crippen molar-refractivity contribution in [1.29, 1.82) is 0 Å². The van der Waals surface area contributed by atoms with Crippen molar-refractivity contribution < 1.29 is 19.2 Å². The fraction of sp³-hybridized carbons (Fsp3) is 0.167. The van der Waals surface area contributed by atoms with E-state index in [-0.39, 0.29) is 23.2 Å². The van der Waals surface area contributed by atoms with Crippen molar-refractivity contribution in [2.45, 2.75) is 11.8 Å². The van der Waals surface area contributed by atoms with E-state index in [0.717, 1.165) is 0 Å². The fourth-order valence-corrected chi connectivity index (χ4v) is 2.08. The SMILES string of the molecule is Cc1cc(NC(=O)CSc2ccnc(C(=O)O)c2)on1. The number of aromatic carboxylic acids is 1. The second-order valence-electron chi connectivity index (χ2n) is 3.85. The summed E-state index contributed by atoms with van der Waals surface area (Å²) >= 11 is 1.21. The van der Waals surface area contributed by atoms with Crippen molar-refractivity contribution in [1.82, 2.24) is 10.1 Å². The number of aryl methyl sites for hydroxylation is 1. The molecule has 0 saturated carbocycles. The first-order chi connectivity index (χ1) is 9.54. The molecule has 104 valence electrons. The largest absolute Gasteiger partial charge is 0.477 e. The van der Waals surface area contributed by atoms with E-state index >= 15 is 0 Å². The zero-order valence-corrected chi connectivity index (χ0v) is 11.3. The lowest BCUT2D eigenvalue weighted by atomic mass is 10.3. The molecule has 2 N–H and O–H groups in total. The summed E-state index contributed by atoms with van der Waals surface area (Å²) in [6, 6.07) is 4.67. The molecule has 2 rings (SSSR count). The Bertz CT molecular complexity index is 641. The number of rotatable bonds is 5. The number of carboxylic acid groups (broad SMARTS) is 1. The number of aromatic nitrogens is 2. The minimum Gasteiger partial charge on any atom is -0.477 e. The van der Waals surface area contributed by atoms with E-state index in [0.29, 0.717) is 10.6 Å². The maximum Gasteiger partial charge on any atom is 0.354 e. The molecular formula is C12H11N3O4S. The highest BCUT2D eigenvalue weighted by molar-refractivity contribution is 8.00. The molecule has 7 nitrogen and oxygen atoms in total. The molecule has 20 heavy (non-hydrogen) atoms. The van der Waals surface area contributed by atoms with Gasteiger partial charge in [0.2, 0.25) is 11.8 Å². The van der Waals surface area contributed by atoms with Gasteiger partial charge in [-0.2, -0.15) is 0 Å². The standard InChI is InChI=1S/C12H11N3O4S/c1-7-4-11(19-15-7)14-10(16)6-20-8-2-3-13-9(5-8)12(17)18/h2-5H,6H2,1H3,(H,14,16)(H,17,18). The summed E-state index contributed by atoms with van der Waals surface area (Å²) in [5.74, 6) is -0.953. The van der Waals surface area contributed by atoms with Gasteiger partial charge in [-0.25, -0.2) is 9.78 Å². The minimum absolute atomic E-state index is 0.0544. The van der Waals surface area contributed by atoms with Crippen molar-refractivity contribution >= 4 is 29.5 Å². The molecule has 0 radical (unpaired) electrons. The third-order valence-electron chi connectivity index (χ3n) is 2.21. The zero-order valence-electron chi connectivity index (χ0n) is 10.5. The Morgan fingerprint density at radius 3 is 2.90 bits per heavy atom. The molecule has 2 heterocycles. The molecule has 0 aliphatic rings. The summed E-state index contributed by atoms with van der Waals surface area (Å²) in [4.78, 5) is 26.8. The quantitative estimate of drug-likeness (QED) is 0.810. The van der Waals surface area contributed by atoms with E-state index in [1.54, 1.807) is 19.1 Å². The smallest absolute Gasteiger partial charge is 0.354 e. The number of hydrogen-bond donors (Lipinski definition) is 2. The molecular weight excluding hydrogens is 282 g/mol. The summed E-state index contributed by atoms with van der Waals surface area (Å²) in [6.07, 6.45) is 1.39. The van der Waals surface area contributed by atoms with Crippen LogP contribution in [0.25, 0.3) is 0 Å². The molecule has 0 aliphatic heterocycles. The predicted octanol–water partition coefficient (Wildman–Crippen LogP) is 1.81. The van der Waals surface area contributed by atoms with Gasteiger partial charge < -0.3 is 9.63 Å². The van der Waals surface area contributed by atoms with Crippen LogP contribution in [0.4, 0.5) is 5.88 Å². The van der Waals surface area contributed by atoms with E-state index < -0.39 is 5.97 Å². The Labute approximate surface area is 118 Å². The Morgan fingerprint density at radius 2 is 2.25 bits per heavy atom. The Hall–Kier alpha value is -2.35. The molecule has 2 aromatic rings. The van der Waals surface area contributed by atoms with Crippen molar-refractivity contribution in [2.75, 3.05) is 11.1 Å². The van der Waals surface area contributed by atoms with Crippen LogP contribution in [0.1, 0.15) is 16.2 Å². The van der Waals surface area contributed by atoms with Gasteiger partial charge in [-0.05, 0) is 19.1 Å². The Morgan fingerprint density at radius 1 is 1.45 bits per heavy atom. The van der Waals surface area contributed by atoms with Crippen LogP contribution in [0.5, 0.6) is 0 Å². The van der Waals surface area contributed by atoms with Crippen LogP contribution in [0.3, 0.4) is 0 Å². The van der Waals surface area contributed by atoms with Crippen LogP contribution in [0.2, 0.25) is 0 Å². The Balaban J connectivity index is 1.90. The van der Waals surface area contributed by atoms with Gasteiger partial charge in [0.1, 0.15) is 5.69 Å². The van der Waals surface area contributed by atoms with Crippen molar-refractivity contribution in [3.05, 3.63) is 35.8 Å². The average Bonchev–Trinajstić information content (AvgIpc) is 2.82. The van der Waals surface area contributed by atoms with Crippen LogP contribution < -0.4 is 5.32 Å². The fourth-order valence-electron chi connectivity index (χ4n) is 1.36. The molecule has 0 fully saturated rings.